The molecule has 5 fully saturated rings. The Hall–Kier alpha value is -6.36. The number of carbonyl (C=O) groups is 3. The highest BCUT2D eigenvalue weighted by atomic mass is 19.1. The largest absolute Gasteiger partial charge is 0.507 e. The fourth-order valence-corrected chi connectivity index (χ4v) is 10.7. The summed E-state index contributed by atoms with van der Waals surface area (Å²) >= 11 is 0. The van der Waals surface area contributed by atoms with Crippen LogP contribution in [0.5, 0.6) is 17.2 Å². The second-order valence-electron chi connectivity index (χ2n) is 17.9. The fourth-order valence-electron chi connectivity index (χ4n) is 10.7. The van der Waals surface area contributed by atoms with Gasteiger partial charge in [0, 0.05) is 114 Å². The predicted molar refractivity (Wildman–Crippen MR) is 241 cm³/mol. The van der Waals surface area contributed by atoms with Gasteiger partial charge >= 0.3 is 0 Å². The van der Waals surface area contributed by atoms with Gasteiger partial charge in [-0.2, -0.15) is 0 Å². The van der Waals surface area contributed by atoms with E-state index in [0.717, 1.165) is 73.8 Å². The summed E-state index contributed by atoms with van der Waals surface area (Å²) in [6.07, 6.45) is 4.85. The van der Waals surface area contributed by atoms with Crippen molar-refractivity contribution in [2.45, 2.75) is 62.3 Å². The molecule has 4 N–H and O–H groups in total. The van der Waals surface area contributed by atoms with Gasteiger partial charge in [-0.15, -0.1) is 10.2 Å². The summed E-state index contributed by atoms with van der Waals surface area (Å²) in [6.45, 7) is 7.02. The topological polar surface area (TPSA) is 173 Å². The van der Waals surface area contributed by atoms with E-state index in [1.54, 1.807) is 24.3 Å². The number of hydrogen-bond acceptors (Lipinski definition) is 14. The van der Waals surface area contributed by atoms with Crippen LogP contribution in [0.1, 0.15) is 38.5 Å². The number of carbonyl (C=O) groups excluding carboxylic acids is 3. The third kappa shape index (κ3) is 8.05. The lowest BCUT2D eigenvalue weighted by atomic mass is 9.88. The normalized spacial score (nSPS) is 24.0. The first-order chi connectivity index (χ1) is 31.1. The van der Waals surface area contributed by atoms with Crippen molar-refractivity contribution < 1.29 is 33.4 Å². The maximum atomic E-state index is 15.3. The molecule has 5 saturated heterocycles. The summed E-state index contributed by atoms with van der Waals surface area (Å²) in [5.74, 6) is 1.43. The molecule has 17 heteroatoms. The lowest BCUT2D eigenvalue weighted by molar-refractivity contribution is -0.134. The van der Waals surface area contributed by atoms with Gasteiger partial charge in [-0.1, -0.05) is 18.2 Å². The zero-order valence-electron chi connectivity index (χ0n) is 35.9. The van der Waals surface area contributed by atoms with Crippen molar-refractivity contribution in [3.63, 3.8) is 0 Å². The van der Waals surface area contributed by atoms with Crippen LogP contribution in [0.15, 0.2) is 66.7 Å². The number of phenolic OH excluding ortho intramolecular Hbond substituents is 1. The molecule has 6 aliphatic rings. The molecular weight excluding hydrogens is 820 g/mol. The van der Waals surface area contributed by atoms with Crippen LogP contribution < -0.4 is 40.1 Å². The second-order valence-corrected chi connectivity index (χ2v) is 17.9. The number of aromatic hydroxyl groups is 1. The van der Waals surface area contributed by atoms with E-state index in [4.69, 9.17) is 15.2 Å². The second kappa shape index (κ2) is 17.3. The number of likely N-dealkylation sites (tertiary alicyclic amines) is 1. The van der Waals surface area contributed by atoms with E-state index in [9.17, 15) is 19.5 Å². The van der Waals surface area contributed by atoms with E-state index in [1.165, 1.54) is 6.07 Å². The number of aromatic nitrogens is 2. The average molecular weight is 875 g/mol. The molecule has 4 aromatic rings. The van der Waals surface area contributed by atoms with Crippen LogP contribution in [0.2, 0.25) is 0 Å². The number of halogens is 1. The van der Waals surface area contributed by atoms with Gasteiger partial charge in [-0.3, -0.25) is 14.5 Å². The molecular formula is C47H55FN10O6. The summed E-state index contributed by atoms with van der Waals surface area (Å²) in [5.41, 5.74) is 10.1. The van der Waals surface area contributed by atoms with E-state index in [0.29, 0.717) is 94.4 Å². The molecule has 16 nitrogen and oxygen atoms in total. The number of benzene rings is 3. The Morgan fingerprint density at radius 3 is 2.41 bits per heavy atom. The summed E-state index contributed by atoms with van der Waals surface area (Å²) in [4.78, 5) is 51.0. The number of nitrogens with one attached hydrogen (secondary N) is 1. The van der Waals surface area contributed by atoms with Gasteiger partial charge in [-0.05, 0) is 55.7 Å². The van der Waals surface area contributed by atoms with E-state index in [1.807, 2.05) is 35.2 Å². The number of phenols is 1. The van der Waals surface area contributed by atoms with Crippen molar-refractivity contribution in [1.29, 1.82) is 0 Å². The van der Waals surface area contributed by atoms with Gasteiger partial charge < -0.3 is 54.9 Å². The Morgan fingerprint density at radius 2 is 1.67 bits per heavy atom. The Bertz CT molecular complexity index is 2380. The fraction of sp³-hybridized carbons (Fsp3) is 0.468. The van der Waals surface area contributed by atoms with Crippen molar-refractivity contribution in [3.05, 3.63) is 72.5 Å². The average Bonchev–Trinajstić information content (AvgIpc) is 3.58. The lowest BCUT2D eigenvalue weighted by Crippen LogP contribution is -2.62. The number of anilines is 5. The maximum absolute atomic E-state index is 15.3. The summed E-state index contributed by atoms with van der Waals surface area (Å²) in [7, 11) is 0. The van der Waals surface area contributed by atoms with Gasteiger partial charge in [0.1, 0.15) is 41.9 Å². The summed E-state index contributed by atoms with van der Waals surface area (Å²) in [6, 6.07) is 20.2. The first-order valence-corrected chi connectivity index (χ1v) is 22.6. The highest BCUT2D eigenvalue weighted by Gasteiger charge is 2.44. The van der Waals surface area contributed by atoms with Crippen LogP contribution in [0.4, 0.5) is 33.0 Å². The Kier molecular flexibility index (Phi) is 11.3. The zero-order valence-corrected chi connectivity index (χ0v) is 35.9. The first kappa shape index (κ1) is 41.6. The van der Waals surface area contributed by atoms with E-state index >= 15 is 4.39 Å². The van der Waals surface area contributed by atoms with Crippen molar-refractivity contribution in [2.75, 3.05) is 104 Å². The van der Waals surface area contributed by atoms with Crippen molar-refractivity contribution >= 4 is 46.7 Å². The minimum Gasteiger partial charge on any atom is -0.507 e. The van der Waals surface area contributed by atoms with Crippen LogP contribution in [-0.4, -0.2) is 146 Å². The van der Waals surface area contributed by atoms with Crippen LogP contribution in [0.3, 0.4) is 0 Å². The summed E-state index contributed by atoms with van der Waals surface area (Å²) in [5, 5.41) is 21.8. The van der Waals surface area contributed by atoms with Crippen LogP contribution in [0, 0.1) is 5.82 Å². The summed E-state index contributed by atoms with van der Waals surface area (Å²) < 4.78 is 28.0. The van der Waals surface area contributed by atoms with E-state index in [-0.39, 0.29) is 48.1 Å². The number of rotatable bonds is 10. The smallest absolute Gasteiger partial charge is 0.236 e. The first-order valence-electron chi connectivity index (χ1n) is 22.6. The number of aldehydes is 1. The van der Waals surface area contributed by atoms with Crippen molar-refractivity contribution in [2.24, 2.45) is 0 Å². The minimum absolute atomic E-state index is 0.0328. The van der Waals surface area contributed by atoms with E-state index < -0.39 is 5.54 Å². The van der Waals surface area contributed by atoms with Gasteiger partial charge in [0.05, 0.1) is 35.8 Å². The highest BCUT2D eigenvalue weighted by Crippen LogP contribution is 2.45. The molecule has 0 aliphatic carbocycles. The number of nitrogens with zero attached hydrogens (tertiary/aromatic N) is 8. The molecule has 0 radical (unpaired) electrons. The Morgan fingerprint density at radius 1 is 0.906 bits per heavy atom. The predicted octanol–water partition coefficient (Wildman–Crippen LogP) is 3.67. The Labute approximate surface area is 371 Å². The SMILES string of the molecule is Nc1nnc(-c2ccccc2O)cc1N1C[C@H]2CC[C@@H](C1)N2c1cc(F)cc(OC2CCN(C(=O)CN3CCN(c4cccc5c4OCCN5[C@]4(C=O)CCC(=O)NC4)CC3)CC2)c1. The zero-order chi connectivity index (χ0) is 44.0. The third-order valence-electron chi connectivity index (χ3n) is 14.1. The number of piperidine rings is 2. The molecule has 7 heterocycles. The molecule has 6 aliphatic heterocycles. The van der Waals surface area contributed by atoms with Crippen LogP contribution >= 0.6 is 0 Å². The third-order valence-corrected chi connectivity index (χ3v) is 14.1. The minimum atomic E-state index is -0.801. The number of ether oxygens (including phenoxy) is 2. The molecule has 2 bridgehead atoms. The molecule has 336 valence electrons. The number of hydrogen-bond donors (Lipinski definition) is 3. The molecule has 0 spiro atoms. The number of nitrogen functional groups attached to an aromatic ring is 1. The Balaban J connectivity index is 0.716. The number of para-hydroxylation sites is 2. The molecule has 64 heavy (non-hydrogen) atoms. The quantitative estimate of drug-likeness (QED) is 0.197. The van der Waals surface area contributed by atoms with Gasteiger partial charge in [0.15, 0.2) is 11.6 Å². The molecule has 3 aromatic carbocycles. The lowest BCUT2D eigenvalue weighted by Gasteiger charge is -2.47. The molecule has 0 unspecified atom stereocenters. The van der Waals surface area contributed by atoms with E-state index in [2.05, 4.69) is 46.1 Å². The number of nitrogens with two attached hydrogens (primary N) is 1. The standard InChI is InChI=1S/C47H55FN10O6/c48-31-22-34(58-32-8-9-33(58)27-56(26-32)41-25-38(51-52-46(41)49)37-4-1-2-7-42(37)60)24-36(23-31)64-35-11-14-55(15-12-35)44(62)28-53-16-18-54(19-17-53)39-5-3-6-40-45(39)63-21-20-57(40)47(30-59)13-10-43(61)50-29-47/h1-7,22-25,30,32-33,35,60H,8-21,26-29H2,(H2,49,52)(H,50,61)/t32-,33+,47-/m1/s1. The van der Waals surface area contributed by atoms with Gasteiger partial charge in [0.2, 0.25) is 11.8 Å². The molecule has 10 rings (SSSR count). The maximum Gasteiger partial charge on any atom is 0.236 e. The molecule has 2 amide bonds. The van der Waals surface area contributed by atoms with Crippen LogP contribution in [-0.2, 0) is 14.4 Å². The molecule has 3 atom stereocenters. The van der Waals surface area contributed by atoms with Crippen LogP contribution in [0.25, 0.3) is 11.3 Å². The molecule has 1 aromatic heterocycles. The number of amides is 2. The van der Waals surface area contributed by atoms with Gasteiger partial charge in [-0.25, -0.2) is 4.39 Å². The highest BCUT2D eigenvalue weighted by molar-refractivity contribution is 5.85. The van der Waals surface area contributed by atoms with Crippen molar-refractivity contribution in [3.8, 4) is 28.5 Å². The number of fused-ring (bicyclic) bond motifs is 3. The molecule has 0 saturated carbocycles. The monoisotopic (exact) mass is 874 g/mol. The van der Waals surface area contributed by atoms with Crippen molar-refractivity contribution in [1.82, 2.24) is 25.3 Å². The van der Waals surface area contributed by atoms with Gasteiger partial charge in [0.25, 0.3) is 0 Å². The number of piperazine rings is 2.